The summed E-state index contributed by atoms with van der Waals surface area (Å²) in [5.74, 6) is -0.255. The molecule has 1 fully saturated rings. The van der Waals surface area contributed by atoms with Gasteiger partial charge >= 0.3 is 20.1 Å². The van der Waals surface area contributed by atoms with E-state index in [1.54, 1.807) is 0 Å². The fourth-order valence-corrected chi connectivity index (χ4v) is 3.56. The summed E-state index contributed by atoms with van der Waals surface area (Å²) < 4.78 is 65.3. The zero-order valence-corrected chi connectivity index (χ0v) is 17.0. The van der Waals surface area contributed by atoms with Gasteiger partial charge < -0.3 is 24.5 Å². The number of aromatic amines is 1. The second-order valence-corrected chi connectivity index (χ2v) is 7.47. The molecule has 33 heavy (non-hydrogen) atoms. The van der Waals surface area contributed by atoms with E-state index in [-0.39, 0.29) is 5.75 Å². The molecule has 0 saturated carbocycles. The maximum absolute atomic E-state index is 12.6. The van der Waals surface area contributed by atoms with Crippen molar-refractivity contribution in [1.29, 1.82) is 0 Å². The van der Waals surface area contributed by atoms with Gasteiger partial charge in [0, 0.05) is 17.2 Å². The quantitative estimate of drug-likeness (QED) is 0.225. The Morgan fingerprint density at radius 3 is 2.52 bits per heavy atom. The van der Waals surface area contributed by atoms with Gasteiger partial charge in [0.05, 0.1) is 5.56 Å². The molecular formula is C16H14F3N5O8P. The van der Waals surface area contributed by atoms with Crippen molar-refractivity contribution in [3.63, 3.8) is 0 Å². The first-order valence-electron chi connectivity index (χ1n) is 8.84. The van der Waals surface area contributed by atoms with Crippen LogP contribution < -0.4 is 15.8 Å². The number of hydrogen-bond acceptors (Lipinski definition) is 9. The van der Waals surface area contributed by atoms with Crippen molar-refractivity contribution < 1.29 is 41.7 Å². The number of halogens is 3. The first-order valence-corrected chi connectivity index (χ1v) is 9.94. The SMILES string of the molecule is [N-]=[N+]=N[C@]1(CO[P](=O)Oc2ccc(C(F)(F)F)cc2)O[C@@H](n2c(=O)cc[nH]c2=O)[C@H](O)[C@@H]1O. The molecule has 3 N–H and O–H groups in total. The lowest BCUT2D eigenvalue weighted by Crippen LogP contribution is -2.44. The fourth-order valence-electron chi connectivity index (χ4n) is 2.92. The number of rotatable bonds is 7. The van der Waals surface area contributed by atoms with Crippen LogP contribution >= 0.6 is 8.25 Å². The highest BCUT2D eigenvalue weighted by Gasteiger charge is 2.56. The van der Waals surface area contributed by atoms with E-state index in [2.05, 4.69) is 15.0 Å². The van der Waals surface area contributed by atoms with E-state index in [9.17, 15) is 37.5 Å². The molecule has 1 aromatic carbocycles. The molecular weight excluding hydrogens is 478 g/mol. The Morgan fingerprint density at radius 1 is 1.27 bits per heavy atom. The Morgan fingerprint density at radius 2 is 1.94 bits per heavy atom. The van der Waals surface area contributed by atoms with Crippen molar-refractivity contribution in [2.24, 2.45) is 5.11 Å². The highest BCUT2D eigenvalue weighted by atomic mass is 31.1. The number of nitrogens with zero attached hydrogens (tertiary/aromatic N) is 4. The van der Waals surface area contributed by atoms with Gasteiger partial charge in [-0.3, -0.25) is 9.32 Å². The maximum atomic E-state index is 12.6. The van der Waals surface area contributed by atoms with E-state index < -0.39 is 62.0 Å². The van der Waals surface area contributed by atoms with Crippen LogP contribution in [-0.4, -0.2) is 44.3 Å². The van der Waals surface area contributed by atoms with E-state index in [0.29, 0.717) is 16.7 Å². The number of nitrogens with one attached hydrogen (secondary N) is 1. The summed E-state index contributed by atoms with van der Waals surface area (Å²) in [5.41, 5.74) is 3.53. The van der Waals surface area contributed by atoms with Gasteiger partial charge in [0.15, 0.2) is 6.23 Å². The average Bonchev–Trinajstić information content (AvgIpc) is 2.98. The summed E-state index contributed by atoms with van der Waals surface area (Å²) in [6.45, 7) is -0.985. The normalized spacial score (nSPS) is 25.4. The Hall–Kier alpha value is -3.26. The summed E-state index contributed by atoms with van der Waals surface area (Å²) in [6.07, 6.45) is -9.35. The zero-order chi connectivity index (χ0) is 24.4. The van der Waals surface area contributed by atoms with Gasteiger partial charge in [0.2, 0.25) is 5.72 Å². The molecule has 1 radical (unpaired) electrons. The third kappa shape index (κ3) is 5.06. The molecule has 1 unspecified atom stereocenters. The van der Waals surface area contributed by atoms with Crippen LogP contribution in [0.15, 0.2) is 51.2 Å². The molecule has 1 aromatic heterocycles. The lowest BCUT2D eigenvalue weighted by atomic mass is 10.1. The summed E-state index contributed by atoms with van der Waals surface area (Å²) >= 11 is 0. The van der Waals surface area contributed by atoms with Gasteiger partial charge in [-0.05, 0) is 29.8 Å². The van der Waals surface area contributed by atoms with E-state index in [1.807, 2.05) is 0 Å². The van der Waals surface area contributed by atoms with Gasteiger partial charge in [-0.15, -0.1) is 0 Å². The van der Waals surface area contributed by atoms with Gasteiger partial charge in [0.25, 0.3) is 5.56 Å². The number of aliphatic hydroxyl groups is 2. The number of benzene rings is 1. The summed E-state index contributed by atoms with van der Waals surface area (Å²) in [7, 11) is -3.09. The highest BCUT2D eigenvalue weighted by Crippen LogP contribution is 2.40. The molecule has 3 rings (SSSR count). The molecule has 0 aliphatic carbocycles. The third-order valence-electron chi connectivity index (χ3n) is 4.50. The van der Waals surface area contributed by atoms with Gasteiger partial charge in [-0.1, -0.05) is 5.11 Å². The van der Waals surface area contributed by atoms with Crippen molar-refractivity contribution in [1.82, 2.24) is 9.55 Å². The van der Waals surface area contributed by atoms with Crippen LogP contribution in [0, 0.1) is 0 Å². The van der Waals surface area contributed by atoms with Gasteiger partial charge in [0.1, 0.15) is 24.6 Å². The smallest absolute Gasteiger partial charge is 0.398 e. The van der Waals surface area contributed by atoms with Crippen LogP contribution in [0.4, 0.5) is 13.2 Å². The number of H-pyrrole nitrogens is 1. The molecule has 0 spiro atoms. The lowest BCUT2D eigenvalue weighted by molar-refractivity contribution is -0.137. The number of azide groups is 1. The van der Waals surface area contributed by atoms with Crippen LogP contribution in [0.25, 0.3) is 10.4 Å². The standard InChI is InChI=1S/C16H14F3N5O8P/c17-16(18,19)8-1-3-9(4-2-8)32-33(29)30-7-15(22-23-20)12(27)11(26)13(31-15)24-10(25)5-6-21-14(24)28/h1-6,11-13,26-27H,7H2,(H,21,28)/t11-,12+,13-,15-/m1/s1. The van der Waals surface area contributed by atoms with Crippen molar-refractivity contribution in [3.8, 4) is 5.75 Å². The number of aliphatic hydroxyl groups excluding tert-OH is 2. The Bertz CT molecular complexity index is 1170. The number of ether oxygens (including phenoxy) is 1. The summed E-state index contributed by atoms with van der Waals surface area (Å²) in [6, 6.07) is 4.07. The average molecular weight is 492 g/mol. The third-order valence-corrected chi connectivity index (χ3v) is 5.20. The number of alkyl halides is 3. The largest absolute Gasteiger partial charge is 0.429 e. The Labute approximate surface area is 181 Å². The second-order valence-electron chi connectivity index (χ2n) is 6.58. The van der Waals surface area contributed by atoms with E-state index in [4.69, 9.17) is 19.3 Å². The fraction of sp³-hybridized carbons (Fsp3) is 0.375. The molecule has 2 aromatic rings. The van der Waals surface area contributed by atoms with Crippen molar-refractivity contribution >= 4 is 8.25 Å². The molecule has 1 saturated heterocycles. The van der Waals surface area contributed by atoms with Crippen LogP contribution in [0.1, 0.15) is 11.8 Å². The monoisotopic (exact) mass is 492 g/mol. The van der Waals surface area contributed by atoms with Crippen molar-refractivity contribution in [2.45, 2.75) is 30.3 Å². The maximum Gasteiger partial charge on any atom is 0.429 e. The number of aromatic nitrogens is 2. The molecule has 1 aliphatic rings. The zero-order valence-electron chi connectivity index (χ0n) is 16.1. The van der Waals surface area contributed by atoms with E-state index in [1.165, 1.54) is 0 Å². The second kappa shape index (κ2) is 9.31. The summed E-state index contributed by atoms with van der Waals surface area (Å²) in [5, 5.41) is 23.9. The van der Waals surface area contributed by atoms with Crippen LogP contribution in [-0.2, 0) is 20.0 Å². The minimum absolute atomic E-state index is 0.255. The molecule has 17 heteroatoms. The van der Waals surface area contributed by atoms with Gasteiger partial charge in [-0.25, -0.2) is 13.9 Å². The minimum Gasteiger partial charge on any atom is -0.398 e. The molecule has 0 amide bonds. The molecule has 13 nitrogen and oxygen atoms in total. The van der Waals surface area contributed by atoms with Crippen LogP contribution in [0.5, 0.6) is 5.75 Å². The topological polar surface area (TPSA) is 189 Å². The van der Waals surface area contributed by atoms with Crippen LogP contribution in [0.3, 0.4) is 0 Å². The molecule has 1 aliphatic heterocycles. The Balaban J connectivity index is 1.76. The number of hydrogen-bond donors (Lipinski definition) is 3. The van der Waals surface area contributed by atoms with Crippen molar-refractivity contribution in [3.05, 3.63) is 73.4 Å². The predicted octanol–water partition coefficient (Wildman–Crippen LogP) is 1.57. The van der Waals surface area contributed by atoms with Gasteiger partial charge in [-0.2, -0.15) is 13.2 Å². The Kier molecular flexibility index (Phi) is 6.88. The minimum atomic E-state index is -4.59. The first-order chi connectivity index (χ1) is 15.5. The van der Waals surface area contributed by atoms with E-state index in [0.717, 1.165) is 24.4 Å². The van der Waals surface area contributed by atoms with Crippen molar-refractivity contribution in [2.75, 3.05) is 6.61 Å². The highest BCUT2D eigenvalue weighted by molar-refractivity contribution is 7.33. The predicted molar refractivity (Wildman–Crippen MR) is 101 cm³/mol. The molecule has 0 bridgehead atoms. The molecule has 177 valence electrons. The molecule has 2 heterocycles. The first kappa shape index (κ1) is 24.4. The lowest BCUT2D eigenvalue weighted by Gasteiger charge is -2.25. The van der Waals surface area contributed by atoms with E-state index >= 15 is 0 Å². The molecule has 5 atom stereocenters. The van der Waals surface area contributed by atoms with Crippen LogP contribution in [0.2, 0.25) is 0 Å². The summed E-state index contributed by atoms with van der Waals surface area (Å²) in [4.78, 5) is 28.6.